The number of aryl methyl sites for hydroxylation is 1. The van der Waals surface area contributed by atoms with Crippen LogP contribution < -0.4 is 5.32 Å². The van der Waals surface area contributed by atoms with E-state index in [1.54, 1.807) is 6.08 Å². The van der Waals surface area contributed by atoms with Crippen molar-refractivity contribution in [3.05, 3.63) is 159 Å². The molecule has 1 heteroatoms. The number of nitrogens with one attached hydrogen (secondary N) is 1. The summed E-state index contributed by atoms with van der Waals surface area (Å²) in [6.07, 6.45) is 25.2. The number of benzene rings is 3. The molecule has 0 spiro atoms. The summed E-state index contributed by atoms with van der Waals surface area (Å²) in [6.45, 7) is 54.5. The summed E-state index contributed by atoms with van der Waals surface area (Å²) in [6, 6.07) is 22.0. The van der Waals surface area contributed by atoms with E-state index >= 15 is 0 Å². The van der Waals surface area contributed by atoms with Crippen LogP contribution >= 0.6 is 0 Å². The van der Waals surface area contributed by atoms with Crippen molar-refractivity contribution in [3.63, 3.8) is 0 Å². The van der Waals surface area contributed by atoms with E-state index in [1.165, 1.54) is 89.1 Å². The maximum atomic E-state index is 3.64. The first-order chi connectivity index (χ1) is 29.3. The molecule has 61 heavy (non-hydrogen) atoms. The Bertz CT molecular complexity index is 1450. The highest BCUT2D eigenvalue weighted by Crippen LogP contribution is 2.31. The normalized spacial score (nSPS) is 10.2. The maximum absolute atomic E-state index is 3.64. The van der Waals surface area contributed by atoms with Crippen molar-refractivity contribution in [2.24, 2.45) is 11.3 Å². The van der Waals surface area contributed by atoms with Gasteiger partial charge in [-0.15, -0.1) is 32.9 Å². The average Bonchev–Trinajstić information content (AvgIpc) is 3.28. The highest BCUT2D eigenvalue weighted by atomic mass is 14.8. The second-order valence-electron chi connectivity index (χ2n) is 15.5. The zero-order valence-electron chi connectivity index (χ0n) is 43.8. The lowest BCUT2D eigenvalue weighted by molar-refractivity contribution is 0.409. The molecule has 3 aromatic carbocycles. The van der Waals surface area contributed by atoms with Gasteiger partial charge in [0.2, 0.25) is 0 Å². The SMILES string of the molecule is C=C.C=C.C=CCCC(C)C.C=C\C=C/C=C(C)\C=C(/C)CC(C)(C)C.CC.CC.CC.CCCCCCCC.CNCCc1ccc(-c2ccc(C)c3ccccc23)cc1. The van der Waals surface area contributed by atoms with Crippen LogP contribution in [0.25, 0.3) is 21.9 Å². The van der Waals surface area contributed by atoms with Gasteiger partial charge >= 0.3 is 0 Å². The van der Waals surface area contributed by atoms with Gasteiger partial charge < -0.3 is 5.32 Å². The lowest BCUT2D eigenvalue weighted by Gasteiger charge is -2.18. The number of rotatable bonds is 16. The topological polar surface area (TPSA) is 12.0 Å². The van der Waals surface area contributed by atoms with Crippen LogP contribution in [0.1, 0.15) is 173 Å². The molecule has 0 atom stereocenters. The lowest BCUT2D eigenvalue weighted by Crippen LogP contribution is -2.10. The van der Waals surface area contributed by atoms with Crippen molar-refractivity contribution in [3.8, 4) is 11.1 Å². The third-order valence-corrected chi connectivity index (χ3v) is 8.37. The molecule has 0 aliphatic carbocycles. The molecular weight excluding hydrogens is 735 g/mol. The fraction of sp³-hybridized carbons (Fsp3) is 0.500. The molecule has 1 nitrogen and oxygen atoms in total. The number of hydrogen-bond donors (Lipinski definition) is 1. The minimum atomic E-state index is 0.373. The molecule has 0 saturated carbocycles. The van der Waals surface area contributed by atoms with Crippen LogP contribution in [0.2, 0.25) is 0 Å². The summed E-state index contributed by atoms with van der Waals surface area (Å²) < 4.78 is 0. The van der Waals surface area contributed by atoms with E-state index in [0.717, 1.165) is 31.7 Å². The predicted octanol–water partition coefficient (Wildman–Crippen LogP) is 20.3. The van der Waals surface area contributed by atoms with E-state index in [4.69, 9.17) is 0 Å². The van der Waals surface area contributed by atoms with Crippen LogP contribution in [0.5, 0.6) is 0 Å². The highest BCUT2D eigenvalue weighted by Gasteiger charge is 2.10. The quantitative estimate of drug-likeness (QED) is 0.0861. The van der Waals surface area contributed by atoms with Crippen LogP contribution in [0, 0.1) is 18.3 Å². The highest BCUT2D eigenvalue weighted by molar-refractivity contribution is 5.98. The van der Waals surface area contributed by atoms with Crippen LogP contribution in [0.4, 0.5) is 0 Å². The molecule has 0 amide bonds. The van der Waals surface area contributed by atoms with Gasteiger partial charge in [-0.2, -0.15) is 0 Å². The standard InChI is InChI=1S/C20H21N.C15H24.C8H18.C7H14.3C2H6.2C2H4/c1-15-7-12-19(20-6-4-3-5-18(15)20)17-10-8-16(9-11-17)13-14-21-2;1-7-8-9-10-13(2)11-14(3)12-15(4,5)6;1-3-5-7-8-6-4-2;1-4-5-6-7(2)3;5*1-2/h3-12,21H,13-14H2,1-2H3;7-11H,1,12H2,2-6H3;3-8H2,1-2H3;4,7H,1,5-6H2,2-3H3;3*1-2H3;2*1-2H2/b;9-8-,13-10-,14-11+;;;;;;;. The maximum Gasteiger partial charge on any atom is -0.00114 e. The summed E-state index contributed by atoms with van der Waals surface area (Å²) in [7, 11) is 1.99. The van der Waals surface area contributed by atoms with E-state index in [2.05, 4.69) is 187 Å². The Kier molecular flexibility index (Phi) is 58.9. The van der Waals surface area contributed by atoms with Gasteiger partial charge in [0.1, 0.15) is 0 Å². The summed E-state index contributed by atoms with van der Waals surface area (Å²) in [5.41, 5.74) is 8.41. The summed E-state index contributed by atoms with van der Waals surface area (Å²) in [5.74, 6) is 0.831. The molecule has 0 unspecified atom stereocenters. The smallest absolute Gasteiger partial charge is 0.00114 e. The van der Waals surface area contributed by atoms with Crippen molar-refractivity contribution in [2.45, 2.75) is 175 Å². The molecule has 3 rings (SSSR count). The largest absolute Gasteiger partial charge is 0.319 e. The molecule has 0 radical (unpaired) electrons. The van der Waals surface area contributed by atoms with Crippen LogP contribution in [0.3, 0.4) is 0 Å². The Morgan fingerprint density at radius 1 is 0.705 bits per heavy atom. The van der Waals surface area contributed by atoms with E-state index in [1.807, 2.05) is 66.8 Å². The molecule has 0 aliphatic rings. The Hall–Kier alpha value is -3.94. The molecule has 0 aromatic heterocycles. The Balaban J connectivity index is -0.000000166. The van der Waals surface area contributed by atoms with Crippen molar-refractivity contribution in [2.75, 3.05) is 13.6 Å². The number of allylic oxidation sites excluding steroid dienone is 8. The minimum Gasteiger partial charge on any atom is -0.319 e. The molecule has 0 saturated heterocycles. The number of unbranched alkanes of at least 4 members (excludes halogenated alkanes) is 5. The van der Waals surface area contributed by atoms with Crippen LogP contribution in [-0.4, -0.2) is 13.6 Å². The first kappa shape index (κ1) is 68.8. The fourth-order valence-electron chi connectivity index (χ4n) is 5.74. The van der Waals surface area contributed by atoms with E-state index in [0.29, 0.717) is 5.41 Å². The second-order valence-corrected chi connectivity index (χ2v) is 15.5. The summed E-state index contributed by atoms with van der Waals surface area (Å²) in [5, 5.41) is 5.87. The van der Waals surface area contributed by atoms with Gasteiger partial charge in [0, 0.05) is 0 Å². The average molecular weight is 838 g/mol. The number of fused-ring (bicyclic) bond motifs is 1. The summed E-state index contributed by atoms with van der Waals surface area (Å²) >= 11 is 0. The molecule has 348 valence electrons. The monoisotopic (exact) mass is 838 g/mol. The molecule has 0 heterocycles. The Morgan fingerprint density at radius 2 is 1.21 bits per heavy atom. The van der Waals surface area contributed by atoms with Crippen LogP contribution in [-0.2, 0) is 6.42 Å². The summed E-state index contributed by atoms with van der Waals surface area (Å²) in [4.78, 5) is 0. The van der Waals surface area contributed by atoms with Crippen LogP contribution in [0.15, 0.2) is 148 Å². The van der Waals surface area contributed by atoms with Gasteiger partial charge in [-0.05, 0) is 104 Å². The first-order valence-electron chi connectivity index (χ1n) is 23.8. The van der Waals surface area contributed by atoms with E-state index in [9.17, 15) is 0 Å². The second kappa shape index (κ2) is 52.2. The minimum absolute atomic E-state index is 0.373. The van der Waals surface area contributed by atoms with Gasteiger partial charge in [-0.1, -0.05) is 243 Å². The first-order valence-corrected chi connectivity index (χ1v) is 23.8. The van der Waals surface area contributed by atoms with Gasteiger partial charge in [0.25, 0.3) is 0 Å². The third kappa shape index (κ3) is 43.9. The molecule has 3 aromatic rings. The molecule has 0 bridgehead atoms. The number of hydrogen-bond acceptors (Lipinski definition) is 1. The van der Waals surface area contributed by atoms with Crippen molar-refractivity contribution >= 4 is 10.8 Å². The lowest BCUT2D eigenvalue weighted by atomic mass is 9.88. The van der Waals surface area contributed by atoms with Crippen molar-refractivity contribution in [1.29, 1.82) is 0 Å². The Labute approximate surface area is 384 Å². The molecule has 0 fully saturated rings. The van der Waals surface area contributed by atoms with Gasteiger partial charge in [0.15, 0.2) is 0 Å². The van der Waals surface area contributed by atoms with Crippen molar-refractivity contribution < 1.29 is 0 Å². The fourth-order valence-corrected chi connectivity index (χ4v) is 5.74. The van der Waals surface area contributed by atoms with Crippen molar-refractivity contribution in [1.82, 2.24) is 5.32 Å². The van der Waals surface area contributed by atoms with E-state index in [-0.39, 0.29) is 0 Å². The zero-order chi connectivity index (χ0) is 48.5. The Morgan fingerprint density at radius 3 is 1.62 bits per heavy atom. The van der Waals surface area contributed by atoms with Gasteiger partial charge in [-0.3, -0.25) is 0 Å². The van der Waals surface area contributed by atoms with Gasteiger partial charge in [0.05, 0.1) is 0 Å². The number of likely N-dealkylation sites (N-methyl/N-ethyl adjacent to an activating group) is 1. The molecular formula is C60H103N. The zero-order valence-corrected chi connectivity index (χ0v) is 43.8. The molecule has 1 N–H and O–H groups in total. The predicted molar refractivity (Wildman–Crippen MR) is 293 cm³/mol. The van der Waals surface area contributed by atoms with Gasteiger partial charge in [-0.25, -0.2) is 0 Å². The third-order valence-electron chi connectivity index (χ3n) is 8.37. The molecule has 0 aliphatic heterocycles. The van der Waals surface area contributed by atoms with E-state index < -0.39 is 0 Å².